The third-order valence-electron chi connectivity index (χ3n) is 3.89. The van der Waals surface area contributed by atoms with Gasteiger partial charge in [-0.3, -0.25) is 10.1 Å². The molecule has 0 atom stereocenters. The predicted molar refractivity (Wildman–Crippen MR) is 86.8 cm³/mol. The number of piperazine rings is 1. The molecular weight excluding hydrogens is 343 g/mol. The smallest absolute Gasteiger partial charge is 0.368 e. The number of nitro groups is 1. The van der Waals surface area contributed by atoms with Gasteiger partial charge in [-0.2, -0.15) is 13.2 Å². The van der Waals surface area contributed by atoms with Gasteiger partial charge < -0.3 is 9.80 Å². The second-order valence-electron chi connectivity index (χ2n) is 5.39. The highest BCUT2D eigenvalue weighted by molar-refractivity contribution is 7.19. The van der Waals surface area contributed by atoms with Crippen molar-refractivity contribution in [2.45, 2.75) is 6.18 Å². The summed E-state index contributed by atoms with van der Waals surface area (Å²) in [5, 5.41) is 11.6. The molecule has 0 spiro atoms. The van der Waals surface area contributed by atoms with Crippen LogP contribution in [0.5, 0.6) is 0 Å². The van der Waals surface area contributed by atoms with Gasteiger partial charge in [-0.05, 0) is 35.6 Å². The lowest BCUT2D eigenvalue weighted by Crippen LogP contribution is -2.46. The highest BCUT2D eigenvalue weighted by Gasteiger charge is 2.31. The van der Waals surface area contributed by atoms with E-state index in [-0.39, 0.29) is 5.00 Å². The first-order chi connectivity index (χ1) is 11.3. The summed E-state index contributed by atoms with van der Waals surface area (Å²) in [5.41, 5.74) is -0.113. The average Bonchev–Trinajstić information content (AvgIpc) is 3.05. The van der Waals surface area contributed by atoms with E-state index in [2.05, 4.69) is 0 Å². The minimum absolute atomic E-state index is 0.0882. The van der Waals surface area contributed by atoms with Crippen molar-refractivity contribution in [3.8, 4) is 0 Å². The maximum Gasteiger partial charge on any atom is 0.416 e. The Balaban J connectivity index is 1.67. The number of anilines is 2. The summed E-state index contributed by atoms with van der Waals surface area (Å²) in [4.78, 5) is 14.2. The molecule has 9 heteroatoms. The van der Waals surface area contributed by atoms with Crippen LogP contribution in [0.3, 0.4) is 0 Å². The number of hydrogen-bond acceptors (Lipinski definition) is 5. The molecule has 1 aliphatic heterocycles. The molecule has 24 heavy (non-hydrogen) atoms. The summed E-state index contributed by atoms with van der Waals surface area (Å²) in [5.74, 6) is 0. The van der Waals surface area contributed by atoms with Crippen molar-refractivity contribution in [2.24, 2.45) is 0 Å². The Morgan fingerprint density at radius 3 is 2.29 bits per heavy atom. The SMILES string of the molecule is O=[N+]([O-])c1ccc(N2CCN(c3cccc(C(F)(F)F)c3)CC2)s1. The van der Waals surface area contributed by atoms with Gasteiger partial charge in [0, 0.05) is 37.9 Å². The van der Waals surface area contributed by atoms with Crippen molar-refractivity contribution in [1.82, 2.24) is 0 Å². The van der Waals surface area contributed by atoms with Gasteiger partial charge in [-0.25, -0.2) is 0 Å². The van der Waals surface area contributed by atoms with Crippen LogP contribution in [0.4, 0.5) is 28.9 Å². The van der Waals surface area contributed by atoms with Gasteiger partial charge in [0.25, 0.3) is 0 Å². The number of hydrogen-bond donors (Lipinski definition) is 0. The molecule has 2 heterocycles. The second-order valence-corrected chi connectivity index (χ2v) is 6.43. The molecule has 0 N–H and O–H groups in total. The molecule has 128 valence electrons. The Hall–Kier alpha value is -2.29. The predicted octanol–water partition coefficient (Wildman–Crippen LogP) is 4.00. The molecule has 1 fully saturated rings. The highest BCUT2D eigenvalue weighted by Crippen LogP contribution is 2.34. The first-order valence-corrected chi connectivity index (χ1v) is 8.07. The Labute approximate surface area is 140 Å². The van der Waals surface area contributed by atoms with Crippen LogP contribution in [0.15, 0.2) is 36.4 Å². The largest absolute Gasteiger partial charge is 0.416 e. The normalized spacial score (nSPS) is 15.6. The van der Waals surface area contributed by atoms with E-state index >= 15 is 0 Å². The van der Waals surface area contributed by atoms with E-state index in [9.17, 15) is 23.3 Å². The lowest BCUT2D eigenvalue weighted by molar-refractivity contribution is -0.380. The molecule has 1 saturated heterocycles. The van der Waals surface area contributed by atoms with Gasteiger partial charge in [-0.15, -0.1) is 0 Å². The fourth-order valence-corrected chi connectivity index (χ4v) is 3.52. The van der Waals surface area contributed by atoms with Crippen molar-refractivity contribution in [1.29, 1.82) is 0 Å². The van der Waals surface area contributed by atoms with Gasteiger partial charge in [0.2, 0.25) is 0 Å². The summed E-state index contributed by atoms with van der Waals surface area (Å²) in [6.45, 7) is 2.34. The zero-order valence-corrected chi connectivity index (χ0v) is 13.3. The van der Waals surface area contributed by atoms with E-state index in [1.54, 1.807) is 12.1 Å². The Morgan fingerprint density at radius 1 is 1.04 bits per heavy atom. The second kappa shape index (κ2) is 6.31. The van der Waals surface area contributed by atoms with Crippen LogP contribution in [0.2, 0.25) is 0 Å². The van der Waals surface area contributed by atoms with Crippen LogP contribution in [-0.4, -0.2) is 31.1 Å². The van der Waals surface area contributed by atoms with Crippen LogP contribution in [-0.2, 0) is 6.18 Å². The van der Waals surface area contributed by atoms with Gasteiger partial charge in [0.1, 0.15) is 0 Å². The maximum atomic E-state index is 12.8. The molecule has 0 bridgehead atoms. The topological polar surface area (TPSA) is 49.6 Å². The summed E-state index contributed by atoms with van der Waals surface area (Å²) in [6.07, 6.45) is -4.35. The fourth-order valence-electron chi connectivity index (χ4n) is 2.65. The van der Waals surface area contributed by atoms with E-state index < -0.39 is 16.7 Å². The van der Waals surface area contributed by atoms with Crippen LogP contribution in [0, 0.1) is 10.1 Å². The molecule has 5 nitrogen and oxygen atoms in total. The van der Waals surface area contributed by atoms with Gasteiger partial charge in [-0.1, -0.05) is 6.07 Å². The van der Waals surface area contributed by atoms with E-state index in [0.29, 0.717) is 31.9 Å². The summed E-state index contributed by atoms with van der Waals surface area (Å²) in [7, 11) is 0. The molecule has 1 aromatic heterocycles. The molecule has 0 saturated carbocycles. The van der Waals surface area contributed by atoms with Crippen molar-refractivity contribution in [2.75, 3.05) is 36.0 Å². The van der Waals surface area contributed by atoms with Crippen LogP contribution >= 0.6 is 11.3 Å². The number of nitrogens with zero attached hydrogens (tertiary/aromatic N) is 3. The van der Waals surface area contributed by atoms with Crippen molar-refractivity contribution in [3.63, 3.8) is 0 Å². The lowest BCUT2D eigenvalue weighted by Gasteiger charge is -2.36. The van der Waals surface area contributed by atoms with Crippen LogP contribution < -0.4 is 9.80 Å². The number of alkyl halides is 3. The van der Waals surface area contributed by atoms with Crippen LogP contribution in [0.1, 0.15) is 5.56 Å². The summed E-state index contributed by atoms with van der Waals surface area (Å²) in [6, 6.07) is 8.48. The maximum absolute atomic E-state index is 12.8. The minimum atomic E-state index is -4.35. The lowest BCUT2D eigenvalue weighted by atomic mass is 10.1. The van der Waals surface area contributed by atoms with E-state index in [1.165, 1.54) is 12.1 Å². The molecule has 0 aliphatic carbocycles. The molecule has 1 aromatic carbocycles. The van der Waals surface area contributed by atoms with Gasteiger partial charge >= 0.3 is 11.2 Å². The number of benzene rings is 1. The Bertz CT molecular complexity index is 740. The molecule has 0 amide bonds. The number of rotatable bonds is 3. The van der Waals surface area contributed by atoms with E-state index in [0.717, 1.165) is 28.5 Å². The van der Waals surface area contributed by atoms with E-state index in [4.69, 9.17) is 0 Å². The highest BCUT2D eigenvalue weighted by atomic mass is 32.1. The minimum Gasteiger partial charge on any atom is -0.368 e. The molecule has 3 rings (SSSR count). The zero-order valence-electron chi connectivity index (χ0n) is 12.5. The van der Waals surface area contributed by atoms with E-state index in [1.807, 2.05) is 9.80 Å². The third-order valence-corrected chi connectivity index (χ3v) is 4.99. The summed E-state index contributed by atoms with van der Waals surface area (Å²) < 4.78 is 38.4. The molecule has 0 radical (unpaired) electrons. The Morgan fingerprint density at radius 2 is 1.71 bits per heavy atom. The molecule has 0 unspecified atom stereocenters. The quantitative estimate of drug-likeness (QED) is 0.615. The first-order valence-electron chi connectivity index (χ1n) is 7.26. The van der Waals surface area contributed by atoms with Gasteiger partial charge in [0.15, 0.2) is 0 Å². The van der Waals surface area contributed by atoms with Crippen LogP contribution in [0.25, 0.3) is 0 Å². The monoisotopic (exact) mass is 357 g/mol. The first kappa shape index (κ1) is 16.6. The standard InChI is InChI=1S/C15H14F3N3O2S/c16-15(17,18)11-2-1-3-12(10-11)19-6-8-20(9-7-19)13-4-5-14(24-13)21(22)23/h1-5,10H,6-9H2. The molecule has 1 aliphatic rings. The Kier molecular flexibility index (Phi) is 4.35. The summed E-state index contributed by atoms with van der Waals surface area (Å²) >= 11 is 1.11. The molecule has 2 aromatic rings. The van der Waals surface area contributed by atoms with Gasteiger partial charge in [0.05, 0.1) is 15.5 Å². The zero-order chi connectivity index (χ0) is 17.3. The van der Waals surface area contributed by atoms with Crippen molar-refractivity contribution >= 4 is 27.0 Å². The van der Waals surface area contributed by atoms with Crippen molar-refractivity contribution in [3.05, 3.63) is 52.1 Å². The number of thiophene rings is 1. The fraction of sp³-hybridized carbons (Fsp3) is 0.333. The molecular formula is C15H14F3N3O2S. The third kappa shape index (κ3) is 3.45. The number of halogens is 3. The van der Waals surface area contributed by atoms with Crippen molar-refractivity contribution < 1.29 is 18.1 Å². The average molecular weight is 357 g/mol.